The molecule has 0 radical (unpaired) electrons. The number of nitrogens with two attached hydrogens (primary N) is 1. The fourth-order valence-corrected chi connectivity index (χ4v) is 4.31. The van der Waals surface area contributed by atoms with Gasteiger partial charge in [-0.1, -0.05) is 27.7 Å². The first-order valence-corrected chi connectivity index (χ1v) is 7.40. The number of thiazole rings is 1. The molecule has 1 saturated carbocycles. The predicted octanol–water partition coefficient (Wildman–Crippen LogP) is 2.25. The van der Waals surface area contributed by atoms with E-state index in [4.69, 9.17) is 5.73 Å². The van der Waals surface area contributed by atoms with Crippen LogP contribution in [-0.2, 0) is 0 Å². The highest BCUT2D eigenvalue weighted by Crippen LogP contribution is 2.52. The van der Waals surface area contributed by atoms with Crippen molar-refractivity contribution in [3.05, 3.63) is 15.6 Å². The molecule has 1 aromatic rings. The summed E-state index contributed by atoms with van der Waals surface area (Å²) >= 11 is 1.45. The Morgan fingerprint density at radius 3 is 2.21 bits per heavy atom. The lowest BCUT2D eigenvalue weighted by molar-refractivity contribution is -0.0663. The van der Waals surface area contributed by atoms with E-state index >= 15 is 0 Å². The Hall–Kier alpha value is -0.940. The lowest BCUT2D eigenvalue weighted by atomic mass is 9.48. The number of aryl methyl sites for hydroxylation is 2. The second-order valence-corrected chi connectivity index (χ2v) is 7.88. The van der Waals surface area contributed by atoms with E-state index in [1.165, 1.54) is 11.3 Å². The molecule has 4 nitrogen and oxygen atoms in total. The zero-order chi connectivity index (χ0) is 14.6. The van der Waals surface area contributed by atoms with Crippen LogP contribution in [0, 0.1) is 24.7 Å². The highest BCUT2D eigenvalue weighted by atomic mass is 32.1. The molecule has 0 saturated heterocycles. The molecule has 0 bridgehead atoms. The van der Waals surface area contributed by atoms with Gasteiger partial charge in [-0.05, 0) is 13.8 Å². The number of aromatic nitrogens is 1. The van der Waals surface area contributed by atoms with E-state index in [0.29, 0.717) is 4.88 Å². The Labute approximate surface area is 118 Å². The van der Waals surface area contributed by atoms with Crippen LogP contribution in [0.3, 0.4) is 0 Å². The number of hydrogen-bond acceptors (Lipinski definition) is 4. The Balaban J connectivity index is 2.18. The molecule has 0 aliphatic heterocycles. The SMILES string of the molecule is Cc1nc(C)c(C(=O)NC2C(C)(C)C(N)C2(C)C)s1. The first kappa shape index (κ1) is 14.5. The van der Waals surface area contributed by atoms with Gasteiger partial charge in [0.25, 0.3) is 5.91 Å². The number of hydrogen-bond donors (Lipinski definition) is 2. The highest BCUT2D eigenvalue weighted by Gasteiger charge is 2.60. The van der Waals surface area contributed by atoms with E-state index < -0.39 is 0 Å². The average Bonchev–Trinajstić information content (AvgIpc) is 2.63. The summed E-state index contributed by atoms with van der Waals surface area (Å²) in [4.78, 5) is 17.4. The molecule has 1 aliphatic carbocycles. The Kier molecular flexibility index (Phi) is 3.26. The zero-order valence-corrected chi connectivity index (χ0v) is 13.3. The van der Waals surface area contributed by atoms with Gasteiger partial charge < -0.3 is 11.1 Å². The van der Waals surface area contributed by atoms with Crippen LogP contribution in [0.15, 0.2) is 0 Å². The third-order valence-corrected chi connectivity index (χ3v) is 5.55. The zero-order valence-electron chi connectivity index (χ0n) is 12.5. The third-order valence-electron chi connectivity index (χ3n) is 4.48. The maximum absolute atomic E-state index is 12.4. The van der Waals surface area contributed by atoms with E-state index in [9.17, 15) is 4.79 Å². The Morgan fingerprint density at radius 1 is 1.26 bits per heavy atom. The molecule has 0 atom stereocenters. The monoisotopic (exact) mass is 281 g/mol. The van der Waals surface area contributed by atoms with Gasteiger partial charge in [0.05, 0.1) is 10.7 Å². The Morgan fingerprint density at radius 2 is 1.79 bits per heavy atom. The second-order valence-electron chi connectivity index (χ2n) is 6.67. The van der Waals surface area contributed by atoms with Gasteiger partial charge in [0.2, 0.25) is 0 Å². The summed E-state index contributed by atoms with van der Waals surface area (Å²) in [5, 5.41) is 4.07. The largest absolute Gasteiger partial charge is 0.347 e. The molecular weight excluding hydrogens is 258 g/mol. The van der Waals surface area contributed by atoms with Crippen LogP contribution in [0.25, 0.3) is 0 Å². The minimum Gasteiger partial charge on any atom is -0.347 e. The standard InChI is InChI=1S/C14H23N3OS/c1-7-9(19-8(2)16-7)10(18)17-12-13(3,4)11(15)14(12,5)6/h11-12H,15H2,1-6H3,(H,17,18). The number of amides is 1. The van der Waals surface area contributed by atoms with E-state index in [-0.39, 0.29) is 28.8 Å². The molecule has 1 aromatic heterocycles. The van der Waals surface area contributed by atoms with E-state index in [1.54, 1.807) is 0 Å². The van der Waals surface area contributed by atoms with Crippen molar-refractivity contribution in [2.24, 2.45) is 16.6 Å². The Bertz CT molecular complexity index is 503. The molecule has 1 amide bonds. The van der Waals surface area contributed by atoms with E-state index in [2.05, 4.69) is 38.0 Å². The molecule has 19 heavy (non-hydrogen) atoms. The molecule has 0 aromatic carbocycles. The van der Waals surface area contributed by atoms with Gasteiger partial charge in [-0.2, -0.15) is 0 Å². The summed E-state index contributed by atoms with van der Waals surface area (Å²) in [5.41, 5.74) is 6.86. The number of carbonyl (C=O) groups is 1. The highest BCUT2D eigenvalue weighted by molar-refractivity contribution is 7.13. The summed E-state index contributed by atoms with van der Waals surface area (Å²) < 4.78 is 0. The average molecular weight is 281 g/mol. The van der Waals surface area contributed by atoms with Crippen LogP contribution in [0.5, 0.6) is 0 Å². The van der Waals surface area contributed by atoms with Crippen LogP contribution < -0.4 is 11.1 Å². The number of rotatable bonds is 2. The van der Waals surface area contributed by atoms with Gasteiger partial charge in [0.1, 0.15) is 4.88 Å². The normalized spacial score (nSPS) is 27.7. The number of nitrogens with zero attached hydrogens (tertiary/aromatic N) is 1. The molecule has 1 heterocycles. The van der Waals surface area contributed by atoms with E-state index in [0.717, 1.165) is 10.7 Å². The lowest BCUT2D eigenvalue weighted by Gasteiger charge is -2.62. The van der Waals surface area contributed by atoms with Crippen molar-refractivity contribution in [2.45, 2.75) is 53.6 Å². The topological polar surface area (TPSA) is 68.0 Å². The van der Waals surface area contributed by atoms with Gasteiger partial charge in [0, 0.05) is 22.9 Å². The van der Waals surface area contributed by atoms with Crippen LogP contribution in [-0.4, -0.2) is 23.0 Å². The fraction of sp³-hybridized carbons (Fsp3) is 0.714. The minimum absolute atomic E-state index is 0.0267. The van der Waals surface area contributed by atoms with Gasteiger partial charge in [-0.25, -0.2) is 4.98 Å². The van der Waals surface area contributed by atoms with Crippen molar-refractivity contribution < 1.29 is 4.79 Å². The molecule has 0 spiro atoms. The first-order valence-electron chi connectivity index (χ1n) is 6.59. The number of carbonyl (C=O) groups excluding carboxylic acids is 1. The minimum atomic E-state index is -0.0766. The van der Waals surface area contributed by atoms with E-state index in [1.807, 2.05) is 13.8 Å². The third kappa shape index (κ3) is 2.09. The quantitative estimate of drug-likeness (QED) is 0.873. The van der Waals surface area contributed by atoms with Crippen LogP contribution in [0.1, 0.15) is 48.1 Å². The molecule has 106 valence electrons. The van der Waals surface area contributed by atoms with Crippen molar-refractivity contribution in [1.82, 2.24) is 10.3 Å². The first-order chi connectivity index (χ1) is 8.58. The van der Waals surface area contributed by atoms with Crippen LogP contribution >= 0.6 is 11.3 Å². The summed E-state index contributed by atoms with van der Waals surface area (Å²) in [6.45, 7) is 12.2. The van der Waals surface area contributed by atoms with Gasteiger partial charge in [-0.15, -0.1) is 11.3 Å². The van der Waals surface area contributed by atoms with Crippen molar-refractivity contribution in [2.75, 3.05) is 0 Å². The van der Waals surface area contributed by atoms with Crippen LogP contribution in [0.4, 0.5) is 0 Å². The van der Waals surface area contributed by atoms with Gasteiger partial charge in [-0.3, -0.25) is 4.79 Å². The molecular formula is C14H23N3OS. The summed E-state index contributed by atoms with van der Waals surface area (Å²) in [5.74, 6) is -0.0267. The predicted molar refractivity (Wildman–Crippen MR) is 78.4 cm³/mol. The molecule has 5 heteroatoms. The summed E-state index contributed by atoms with van der Waals surface area (Å²) in [7, 11) is 0. The fourth-order valence-electron chi connectivity index (χ4n) is 3.49. The maximum atomic E-state index is 12.4. The van der Waals surface area contributed by atoms with Crippen molar-refractivity contribution in [3.8, 4) is 0 Å². The van der Waals surface area contributed by atoms with Crippen molar-refractivity contribution in [1.29, 1.82) is 0 Å². The molecule has 1 aliphatic rings. The molecule has 1 fully saturated rings. The maximum Gasteiger partial charge on any atom is 0.263 e. The van der Waals surface area contributed by atoms with Crippen molar-refractivity contribution in [3.63, 3.8) is 0 Å². The second kappa shape index (κ2) is 4.28. The van der Waals surface area contributed by atoms with Crippen LogP contribution in [0.2, 0.25) is 0 Å². The van der Waals surface area contributed by atoms with Crippen molar-refractivity contribution >= 4 is 17.2 Å². The smallest absolute Gasteiger partial charge is 0.263 e. The van der Waals surface area contributed by atoms with Gasteiger partial charge in [0.15, 0.2) is 0 Å². The molecule has 3 N–H and O–H groups in total. The van der Waals surface area contributed by atoms with Gasteiger partial charge >= 0.3 is 0 Å². The summed E-state index contributed by atoms with van der Waals surface area (Å²) in [6, 6.07) is 0.180. The number of nitrogens with one attached hydrogen (secondary N) is 1. The summed E-state index contributed by atoms with van der Waals surface area (Å²) in [6.07, 6.45) is 0. The molecule has 2 rings (SSSR count). The lowest BCUT2D eigenvalue weighted by Crippen LogP contribution is -2.76. The molecule has 0 unspecified atom stereocenters.